The van der Waals surface area contributed by atoms with Crippen molar-refractivity contribution in [3.05, 3.63) is 60.3 Å². The van der Waals surface area contributed by atoms with Crippen LogP contribution in [0.5, 0.6) is 0 Å². The van der Waals surface area contributed by atoms with Gasteiger partial charge in [-0.3, -0.25) is 9.59 Å². The second-order valence-corrected chi connectivity index (χ2v) is 5.68. The first kappa shape index (κ1) is 16.7. The van der Waals surface area contributed by atoms with Crippen LogP contribution >= 0.6 is 0 Å². The Morgan fingerprint density at radius 3 is 2.36 bits per heavy atom. The van der Waals surface area contributed by atoms with Gasteiger partial charge in [0.2, 0.25) is 5.91 Å². The molecule has 3 rings (SSSR count). The van der Waals surface area contributed by atoms with E-state index in [-0.39, 0.29) is 18.4 Å². The van der Waals surface area contributed by atoms with Gasteiger partial charge in [0.15, 0.2) is 0 Å². The Kier molecular flexibility index (Phi) is 4.81. The molecule has 0 aliphatic carbocycles. The molecule has 6 heteroatoms. The molecule has 0 atom stereocenters. The first-order valence-corrected chi connectivity index (χ1v) is 7.83. The third-order valence-electron chi connectivity index (χ3n) is 3.87. The molecule has 0 fully saturated rings. The molecule has 3 aromatic rings. The van der Waals surface area contributed by atoms with Crippen molar-refractivity contribution < 1.29 is 14.3 Å². The lowest BCUT2D eigenvalue weighted by molar-refractivity contribution is -0.119. The van der Waals surface area contributed by atoms with Crippen LogP contribution < -0.4 is 10.6 Å². The zero-order valence-corrected chi connectivity index (χ0v) is 14.1. The van der Waals surface area contributed by atoms with E-state index in [0.717, 1.165) is 10.9 Å². The molecule has 0 saturated heterocycles. The molecular formula is C19H19N3O3. The van der Waals surface area contributed by atoms with Crippen molar-refractivity contribution in [2.45, 2.75) is 0 Å². The first-order chi connectivity index (χ1) is 12.1. The fourth-order valence-electron chi connectivity index (χ4n) is 2.66. The number of anilines is 2. The smallest absolute Gasteiger partial charge is 0.256 e. The summed E-state index contributed by atoms with van der Waals surface area (Å²) in [4.78, 5) is 24.1. The van der Waals surface area contributed by atoms with Crippen LogP contribution in [0.25, 0.3) is 10.9 Å². The maximum absolute atomic E-state index is 12.6. The minimum Gasteiger partial charge on any atom is -0.375 e. The molecule has 6 nitrogen and oxygen atoms in total. The van der Waals surface area contributed by atoms with Gasteiger partial charge < -0.3 is 19.9 Å². The Hall–Kier alpha value is -3.12. The number of benzene rings is 2. The molecule has 0 spiro atoms. The highest BCUT2D eigenvalue weighted by Crippen LogP contribution is 2.21. The van der Waals surface area contributed by atoms with Crippen molar-refractivity contribution in [3.63, 3.8) is 0 Å². The number of nitrogens with one attached hydrogen (secondary N) is 2. The Morgan fingerprint density at radius 2 is 1.68 bits per heavy atom. The molecule has 0 aliphatic heterocycles. The SMILES string of the molecule is COCC(=O)Nc1ccc(NC(=O)c2cccc3c2ccn3C)cc1. The quantitative estimate of drug-likeness (QED) is 0.752. The van der Waals surface area contributed by atoms with E-state index in [9.17, 15) is 9.59 Å². The lowest BCUT2D eigenvalue weighted by Crippen LogP contribution is -2.17. The van der Waals surface area contributed by atoms with Gasteiger partial charge in [0.25, 0.3) is 5.91 Å². The van der Waals surface area contributed by atoms with Crippen LogP contribution in [0, 0.1) is 0 Å². The summed E-state index contributed by atoms with van der Waals surface area (Å²) in [6.45, 7) is -0.000428. The van der Waals surface area contributed by atoms with E-state index in [4.69, 9.17) is 4.74 Å². The minimum atomic E-state index is -0.227. The topological polar surface area (TPSA) is 72.4 Å². The summed E-state index contributed by atoms with van der Waals surface area (Å²) in [5.41, 5.74) is 2.92. The van der Waals surface area contributed by atoms with E-state index in [1.54, 1.807) is 30.3 Å². The molecule has 0 saturated carbocycles. The van der Waals surface area contributed by atoms with Crippen LogP contribution in [-0.4, -0.2) is 30.1 Å². The molecule has 25 heavy (non-hydrogen) atoms. The van der Waals surface area contributed by atoms with Crippen molar-refractivity contribution in [2.24, 2.45) is 7.05 Å². The number of carbonyl (C=O) groups excluding carboxylic acids is 2. The fourth-order valence-corrected chi connectivity index (χ4v) is 2.66. The lowest BCUT2D eigenvalue weighted by atomic mass is 10.1. The number of rotatable bonds is 5. The van der Waals surface area contributed by atoms with Gasteiger partial charge in [-0.25, -0.2) is 0 Å². The summed E-state index contributed by atoms with van der Waals surface area (Å²) in [6.07, 6.45) is 1.93. The largest absolute Gasteiger partial charge is 0.375 e. The molecular weight excluding hydrogens is 318 g/mol. The standard InChI is InChI=1S/C19H19N3O3/c1-22-11-10-15-16(4-3-5-17(15)22)19(24)21-14-8-6-13(7-9-14)20-18(23)12-25-2/h3-11H,12H2,1-2H3,(H,20,23)(H,21,24). The number of nitrogens with zero attached hydrogens (tertiary/aromatic N) is 1. The highest BCUT2D eigenvalue weighted by molar-refractivity contribution is 6.12. The number of aryl methyl sites for hydroxylation is 1. The minimum absolute atomic E-state index is 0.000428. The Bertz CT molecular complexity index is 913. The number of hydrogen-bond acceptors (Lipinski definition) is 3. The van der Waals surface area contributed by atoms with Crippen LogP contribution in [0.15, 0.2) is 54.7 Å². The maximum Gasteiger partial charge on any atom is 0.256 e. The number of fused-ring (bicyclic) bond motifs is 1. The Labute approximate surface area is 145 Å². The molecule has 0 unspecified atom stereocenters. The normalized spacial score (nSPS) is 10.6. The second kappa shape index (κ2) is 7.19. The summed E-state index contributed by atoms with van der Waals surface area (Å²) < 4.78 is 6.74. The van der Waals surface area contributed by atoms with Crippen LogP contribution in [0.4, 0.5) is 11.4 Å². The summed E-state index contributed by atoms with van der Waals surface area (Å²) >= 11 is 0. The zero-order valence-electron chi connectivity index (χ0n) is 14.1. The molecule has 2 aromatic carbocycles. The third-order valence-corrected chi connectivity index (χ3v) is 3.87. The predicted molar refractivity (Wildman–Crippen MR) is 97.8 cm³/mol. The summed E-state index contributed by atoms with van der Waals surface area (Å²) in [6, 6.07) is 14.5. The fraction of sp³-hybridized carbons (Fsp3) is 0.158. The number of carbonyl (C=O) groups is 2. The van der Waals surface area contributed by atoms with Gasteiger partial charge in [0, 0.05) is 48.2 Å². The van der Waals surface area contributed by atoms with Crippen molar-refractivity contribution in [3.8, 4) is 0 Å². The van der Waals surface area contributed by atoms with Crippen LogP contribution in [0.3, 0.4) is 0 Å². The summed E-state index contributed by atoms with van der Waals surface area (Å²) in [5, 5.41) is 6.49. The van der Waals surface area contributed by atoms with Crippen molar-refractivity contribution >= 4 is 34.1 Å². The van der Waals surface area contributed by atoms with Crippen LogP contribution in [-0.2, 0) is 16.6 Å². The molecule has 0 radical (unpaired) electrons. The lowest BCUT2D eigenvalue weighted by Gasteiger charge is -2.09. The molecule has 2 N–H and O–H groups in total. The summed E-state index contributed by atoms with van der Waals surface area (Å²) in [5.74, 6) is -0.400. The highest BCUT2D eigenvalue weighted by Gasteiger charge is 2.12. The van der Waals surface area contributed by atoms with Crippen molar-refractivity contribution in [2.75, 3.05) is 24.4 Å². The molecule has 1 aromatic heterocycles. The van der Waals surface area contributed by atoms with Gasteiger partial charge in [-0.1, -0.05) is 6.07 Å². The van der Waals surface area contributed by atoms with Crippen molar-refractivity contribution in [1.82, 2.24) is 4.57 Å². The second-order valence-electron chi connectivity index (χ2n) is 5.68. The number of hydrogen-bond donors (Lipinski definition) is 2. The van der Waals surface area contributed by atoms with Gasteiger partial charge in [-0.05, 0) is 42.5 Å². The van der Waals surface area contributed by atoms with Gasteiger partial charge in [-0.15, -0.1) is 0 Å². The maximum atomic E-state index is 12.6. The van der Waals surface area contributed by atoms with Crippen molar-refractivity contribution in [1.29, 1.82) is 0 Å². The predicted octanol–water partition coefficient (Wildman–Crippen LogP) is 3.02. The molecule has 0 aliphatic rings. The average molecular weight is 337 g/mol. The van der Waals surface area contributed by atoms with E-state index in [0.29, 0.717) is 16.9 Å². The van der Waals surface area contributed by atoms with Gasteiger partial charge in [-0.2, -0.15) is 0 Å². The van der Waals surface area contributed by atoms with E-state index >= 15 is 0 Å². The Morgan fingerprint density at radius 1 is 1.00 bits per heavy atom. The monoisotopic (exact) mass is 337 g/mol. The molecule has 1 heterocycles. The Balaban J connectivity index is 1.73. The van der Waals surface area contributed by atoms with Gasteiger partial charge in [0.05, 0.1) is 0 Å². The van der Waals surface area contributed by atoms with Crippen LogP contribution in [0.1, 0.15) is 10.4 Å². The highest BCUT2D eigenvalue weighted by atomic mass is 16.5. The number of methoxy groups -OCH3 is 1. The number of aromatic nitrogens is 1. The van der Waals surface area contributed by atoms with E-state index < -0.39 is 0 Å². The third kappa shape index (κ3) is 3.70. The molecule has 128 valence electrons. The number of ether oxygens (including phenoxy) is 1. The molecule has 0 bridgehead atoms. The van der Waals surface area contributed by atoms with E-state index in [1.165, 1.54) is 7.11 Å². The zero-order chi connectivity index (χ0) is 17.8. The van der Waals surface area contributed by atoms with Gasteiger partial charge in [0.1, 0.15) is 6.61 Å². The van der Waals surface area contributed by atoms with Crippen LogP contribution in [0.2, 0.25) is 0 Å². The van der Waals surface area contributed by atoms with E-state index in [1.807, 2.05) is 36.0 Å². The summed E-state index contributed by atoms with van der Waals surface area (Å²) in [7, 11) is 3.41. The van der Waals surface area contributed by atoms with Gasteiger partial charge >= 0.3 is 0 Å². The first-order valence-electron chi connectivity index (χ1n) is 7.83. The molecule has 2 amide bonds. The van der Waals surface area contributed by atoms with E-state index in [2.05, 4.69) is 10.6 Å². The number of amides is 2. The average Bonchev–Trinajstić information content (AvgIpc) is 2.98.